The van der Waals surface area contributed by atoms with Crippen molar-refractivity contribution >= 4 is 11.5 Å². The van der Waals surface area contributed by atoms with E-state index in [1.54, 1.807) is 0 Å². The number of morpholine rings is 1. The highest BCUT2D eigenvalue weighted by Crippen LogP contribution is 2.30. The average Bonchev–Trinajstić information content (AvgIpc) is 2.36. The van der Waals surface area contributed by atoms with Gasteiger partial charge in [-0.05, 0) is 20.3 Å². The zero-order valence-electron chi connectivity index (χ0n) is 11.8. The van der Waals surface area contributed by atoms with Gasteiger partial charge in [0.2, 0.25) is 5.88 Å². The number of rotatable bonds is 4. The molecule has 0 aliphatic carbocycles. The molecule has 6 heteroatoms. The van der Waals surface area contributed by atoms with Crippen LogP contribution in [0.4, 0.5) is 11.5 Å². The van der Waals surface area contributed by atoms with Gasteiger partial charge in [0.15, 0.2) is 5.82 Å². The minimum absolute atomic E-state index is 0.194. The Hall–Kier alpha value is -1.56. The van der Waals surface area contributed by atoms with E-state index in [9.17, 15) is 0 Å². The molecule has 106 valence electrons. The summed E-state index contributed by atoms with van der Waals surface area (Å²) in [6, 6.07) is 0. The first kappa shape index (κ1) is 13.9. The highest BCUT2D eigenvalue weighted by atomic mass is 16.5. The van der Waals surface area contributed by atoms with E-state index >= 15 is 0 Å². The number of aromatic nitrogens is 2. The molecule has 1 fully saturated rings. The molecule has 1 aromatic rings. The Morgan fingerprint density at radius 2 is 2.26 bits per heavy atom. The molecule has 2 N–H and O–H groups in total. The Labute approximate surface area is 113 Å². The van der Waals surface area contributed by atoms with Gasteiger partial charge in [0.25, 0.3) is 0 Å². The van der Waals surface area contributed by atoms with E-state index in [1.807, 2.05) is 6.92 Å². The van der Waals surface area contributed by atoms with Crippen molar-refractivity contribution in [2.75, 3.05) is 36.9 Å². The molecular formula is C13H22N4O2. The van der Waals surface area contributed by atoms with Crippen LogP contribution in [0.3, 0.4) is 0 Å². The summed E-state index contributed by atoms with van der Waals surface area (Å²) >= 11 is 0. The van der Waals surface area contributed by atoms with E-state index in [4.69, 9.17) is 15.2 Å². The topological polar surface area (TPSA) is 73.5 Å². The monoisotopic (exact) mass is 266 g/mol. The van der Waals surface area contributed by atoms with Crippen LogP contribution in [0.25, 0.3) is 0 Å². The molecule has 2 heterocycles. The minimum Gasteiger partial charge on any atom is -0.476 e. The van der Waals surface area contributed by atoms with E-state index in [0.29, 0.717) is 24.8 Å². The third-order valence-corrected chi connectivity index (χ3v) is 2.99. The molecule has 1 aliphatic rings. The van der Waals surface area contributed by atoms with Crippen molar-refractivity contribution in [1.29, 1.82) is 0 Å². The standard InChI is InChI=1S/C13H22N4O2/c1-4-6-18-12-10(14)11(15-9-16-12)17-5-7-19-13(2,3)8-17/h9H,4-8,14H2,1-3H3. The van der Waals surface area contributed by atoms with Crippen molar-refractivity contribution in [3.8, 4) is 5.88 Å². The first-order valence-electron chi connectivity index (χ1n) is 6.65. The zero-order valence-corrected chi connectivity index (χ0v) is 11.8. The van der Waals surface area contributed by atoms with Crippen molar-refractivity contribution in [3.05, 3.63) is 6.33 Å². The molecule has 1 saturated heterocycles. The lowest BCUT2D eigenvalue weighted by molar-refractivity contribution is -0.0278. The van der Waals surface area contributed by atoms with Gasteiger partial charge in [0.1, 0.15) is 12.0 Å². The normalized spacial score (nSPS) is 18.4. The van der Waals surface area contributed by atoms with Gasteiger partial charge in [-0.2, -0.15) is 4.98 Å². The largest absolute Gasteiger partial charge is 0.476 e. The summed E-state index contributed by atoms with van der Waals surface area (Å²) in [5, 5.41) is 0. The van der Waals surface area contributed by atoms with Gasteiger partial charge in [-0.1, -0.05) is 6.92 Å². The van der Waals surface area contributed by atoms with Crippen LogP contribution in [-0.4, -0.2) is 41.9 Å². The maximum atomic E-state index is 6.11. The van der Waals surface area contributed by atoms with Crippen LogP contribution in [0.5, 0.6) is 5.88 Å². The number of anilines is 2. The van der Waals surface area contributed by atoms with Crippen molar-refractivity contribution in [2.45, 2.75) is 32.8 Å². The molecule has 0 bridgehead atoms. The Balaban J connectivity index is 2.19. The van der Waals surface area contributed by atoms with E-state index in [1.165, 1.54) is 6.33 Å². The summed E-state index contributed by atoms with van der Waals surface area (Å²) in [5.41, 5.74) is 6.42. The number of ether oxygens (including phenoxy) is 2. The number of nitrogens with zero attached hydrogens (tertiary/aromatic N) is 3. The summed E-state index contributed by atoms with van der Waals surface area (Å²) in [4.78, 5) is 10.5. The van der Waals surface area contributed by atoms with Crippen LogP contribution in [0.1, 0.15) is 27.2 Å². The van der Waals surface area contributed by atoms with Crippen molar-refractivity contribution < 1.29 is 9.47 Å². The number of nitrogens with two attached hydrogens (primary N) is 1. The van der Waals surface area contributed by atoms with Gasteiger partial charge >= 0.3 is 0 Å². The first-order valence-corrected chi connectivity index (χ1v) is 6.65. The molecule has 6 nitrogen and oxygen atoms in total. The smallest absolute Gasteiger partial charge is 0.242 e. The first-order chi connectivity index (χ1) is 9.03. The van der Waals surface area contributed by atoms with Gasteiger partial charge in [-0.25, -0.2) is 4.98 Å². The van der Waals surface area contributed by atoms with Gasteiger partial charge in [-0.3, -0.25) is 0 Å². The van der Waals surface area contributed by atoms with E-state index in [2.05, 4.69) is 28.7 Å². The summed E-state index contributed by atoms with van der Waals surface area (Å²) in [7, 11) is 0. The van der Waals surface area contributed by atoms with Crippen LogP contribution < -0.4 is 15.4 Å². The van der Waals surface area contributed by atoms with E-state index in [-0.39, 0.29) is 5.60 Å². The van der Waals surface area contributed by atoms with Crippen LogP contribution in [0.2, 0.25) is 0 Å². The Morgan fingerprint density at radius 3 is 2.95 bits per heavy atom. The predicted molar refractivity (Wildman–Crippen MR) is 74.5 cm³/mol. The molecular weight excluding hydrogens is 244 g/mol. The quantitative estimate of drug-likeness (QED) is 0.889. The minimum atomic E-state index is -0.194. The lowest BCUT2D eigenvalue weighted by atomic mass is 10.1. The van der Waals surface area contributed by atoms with Gasteiger partial charge < -0.3 is 20.1 Å². The summed E-state index contributed by atoms with van der Waals surface area (Å²) in [6.45, 7) is 8.97. The molecule has 0 unspecified atom stereocenters. The lowest BCUT2D eigenvalue weighted by Crippen LogP contribution is -2.48. The SMILES string of the molecule is CCCOc1ncnc(N2CCOC(C)(C)C2)c1N. The molecule has 1 aromatic heterocycles. The van der Waals surface area contributed by atoms with Crippen molar-refractivity contribution in [3.63, 3.8) is 0 Å². The van der Waals surface area contributed by atoms with Crippen LogP contribution in [0.15, 0.2) is 6.33 Å². The molecule has 0 atom stereocenters. The Bertz CT molecular complexity index is 437. The average molecular weight is 266 g/mol. The van der Waals surface area contributed by atoms with E-state index in [0.717, 1.165) is 25.3 Å². The number of nitrogen functional groups attached to an aromatic ring is 1. The molecule has 0 radical (unpaired) electrons. The third kappa shape index (κ3) is 3.26. The second-order valence-corrected chi connectivity index (χ2v) is 5.29. The molecule has 0 amide bonds. The van der Waals surface area contributed by atoms with Crippen LogP contribution >= 0.6 is 0 Å². The highest BCUT2D eigenvalue weighted by Gasteiger charge is 2.29. The fourth-order valence-electron chi connectivity index (χ4n) is 2.13. The highest BCUT2D eigenvalue weighted by molar-refractivity contribution is 5.68. The predicted octanol–water partition coefficient (Wildman–Crippen LogP) is 1.46. The van der Waals surface area contributed by atoms with Crippen LogP contribution in [0, 0.1) is 0 Å². The van der Waals surface area contributed by atoms with Gasteiger partial charge in [0, 0.05) is 13.1 Å². The van der Waals surface area contributed by atoms with Crippen LogP contribution in [-0.2, 0) is 4.74 Å². The Morgan fingerprint density at radius 1 is 1.47 bits per heavy atom. The fourth-order valence-corrected chi connectivity index (χ4v) is 2.13. The Kier molecular flexibility index (Phi) is 4.09. The maximum absolute atomic E-state index is 6.11. The molecule has 0 aromatic carbocycles. The molecule has 19 heavy (non-hydrogen) atoms. The van der Waals surface area contributed by atoms with Crippen molar-refractivity contribution in [1.82, 2.24) is 9.97 Å². The molecule has 0 spiro atoms. The van der Waals surface area contributed by atoms with Gasteiger partial charge in [0.05, 0.1) is 18.8 Å². The third-order valence-electron chi connectivity index (χ3n) is 2.99. The van der Waals surface area contributed by atoms with E-state index < -0.39 is 0 Å². The molecule has 2 rings (SSSR count). The summed E-state index contributed by atoms with van der Waals surface area (Å²) in [6.07, 6.45) is 2.42. The van der Waals surface area contributed by atoms with Crippen molar-refractivity contribution in [2.24, 2.45) is 0 Å². The number of hydrogen-bond donors (Lipinski definition) is 1. The zero-order chi connectivity index (χ0) is 13.9. The van der Waals surface area contributed by atoms with Gasteiger partial charge in [-0.15, -0.1) is 0 Å². The summed E-state index contributed by atoms with van der Waals surface area (Å²) < 4.78 is 11.2. The fraction of sp³-hybridized carbons (Fsp3) is 0.692. The number of hydrogen-bond acceptors (Lipinski definition) is 6. The second-order valence-electron chi connectivity index (χ2n) is 5.29. The molecule has 0 saturated carbocycles. The summed E-state index contributed by atoms with van der Waals surface area (Å²) in [5.74, 6) is 1.20. The second kappa shape index (κ2) is 5.61. The maximum Gasteiger partial charge on any atom is 0.242 e. The lowest BCUT2D eigenvalue weighted by Gasteiger charge is -2.39. The molecule has 1 aliphatic heterocycles.